The number of rotatable bonds is 16. The third kappa shape index (κ3) is 11.1. The highest BCUT2D eigenvalue weighted by Crippen LogP contribution is 2.13. The van der Waals surface area contributed by atoms with Crippen molar-refractivity contribution >= 4 is 35.6 Å². The number of carbonyl (C=O) groups is 5. The Kier molecular flexibility index (Phi) is 12.6. The molecule has 1 aromatic rings. The van der Waals surface area contributed by atoms with E-state index in [0.717, 1.165) is 6.42 Å². The molecule has 1 saturated heterocycles. The minimum atomic E-state index is -1.43. The van der Waals surface area contributed by atoms with Gasteiger partial charge in [0, 0.05) is 19.4 Å². The lowest BCUT2D eigenvalue weighted by Crippen LogP contribution is -2.57. The van der Waals surface area contributed by atoms with Gasteiger partial charge in [0.15, 0.2) is 5.96 Å². The monoisotopic (exact) mass is 562 g/mol. The fourth-order valence-corrected chi connectivity index (χ4v) is 4.12. The Bertz CT molecular complexity index is 1070. The molecule has 1 heterocycles. The molecule has 1 aliphatic rings. The maximum atomic E-state index is 13.4. The summed E-state index contributed by atoms with van der Waals surface area (Å²) in [5.41, 5.74) is 16.4. The molecule has 15 nitrogen and oxygen atoms in total. The van der Waals surface area contributed by atoms with Crippen LogP contribution in [0, 0.1) is 0 Å². The van der Waals surface area contributed by atoms with Crippen LogP contribution in [-0.4, -0.2) is 83.0 Å². The van der Waals surface area contributed by atoms with E-state index in [4.69, 9.17) is 17.2 Å². The van der Waals surface area contributed by atoms with E-state index in [9.17, 15) is 34.2 Å². The topological polar surface area (TPSA) is 264 Å². The summed E-state index contributed by atoms with van der Waals surface area (Å²) in [4.78, 5) is 66.1. The van der Waals surface area contributed by atoms with Crippen LogP contribution in [0.1, 0.15) is 44.1 Å². The van der Waals surface area contributed by atoms with Crippen molar-refractivity contribution in [2.75, 3.05) is 13.1 Å². The first-order chi connectivity index (χ1) is 19.0. The number of carboxylic acid groups (broad SMARTS) is 1. The summed E-state index contributed by atoms with van der Waals surface area (Å²) in [7, 11) is 0. The number of primary amides is 1. The Morgan fingerprint density at radius 2 is 1.60 bits per heavy atom. The average molecular weight is 563 g/mol. The molecule has 0 spiro atoms. The smallest absolute Gasteiger partial charge is 0.326 e. The van der Waals surface area contributed by atoms with E-state index in [-0.39, 0.29) is 49.8 Å². The Labute approximate surface area is 231 Å². The van der Waals surface area contributed by atoms with Crippen LogP contribution in [0.5, 0.6) is 5.75 Å². The van der Waals surface area contributed by atoms with Crippen molar-refractivity contribution in [3.8, 4) is 5.75 Å². The van der Waals surface area contributed by atoms with E-state index in [0.29, 0.717) is 24.9 Å². The fourth-order valence-electron chi connectivity index (χ4n) is 4.12. The lowest BCUT2D eigenvalue weighted by atomic mass is 10.0. The van der Waals surface area contributed by atoms with Gasteiger partial charge in [-0.15, -0.1) is 0 Å². The summed E-state index contributed by atoms with van der Waals surface area (Å²) in [6.45, 7) is 0.885. The number of hydrogen-bond acceptors (Lipinski definition) is 8. The number of carboxylic acids is 1. The third-order valence-electron chi connectivity index (χ3n) is 6.26. The number of aromatic hydroxyl groups is 1. The van der Waals surface area contributed by atoms with E-state index in [1.807, 2.05) is 0 Å². The summed E-state index contributed by atoms with van der Waals surface area (Å²) in [6.07, 6.45) is 1.36. The quantitative estimate of drug-likeness (QED) is 0.0583. The van der Waals surface area contributed by atoms with Crippen molar-refractivity contribution in [3.05, 3.63) is 29.8 Å². The zero-order valence-electron chi connectivity index (χ0n) is 22.1. The summed E-state index contributed by atoms with van der Waals surface area (Å²) >= 11 is 0. The summed E-state index contributed by atoms with van der Waals surface area (Å²) < 4.78 is 0. The molecule has 1 aromatic carbocycles. The largest absolute Gasteiger partial charge is 0.508 e. The second kappa shape index (κ2) is 15.9. The van der Waals surface area contributed by atoms with Gasteiger partial charge in [0.25, 0.3) is 0 Å². The predicted molar refractivity (Wildman–Crippen MR) is 145 cm³/mol. The summed E-state index contributed by atoms with van der Waals surface area (Å²) in [5, 5.41) is 29.8. The first-order valence-corrected chi connectivity index (χ1v) is 12.9. The molecular weight excluding hydrogens is 524 g/mol. The van der Waals surface area contributed by atoms with E-state index < -0.39 is 47.9 Å². The number of guanidine groups is 1. The Hall–Kier alpha value is -4.40. The van der Waals surface area contributed by atoms with Crippen LogP contribution in [-0.2, 0) is 30.4 Å². The van der Waals surface area contributed by atoms with E-state index >= 15 is 0 Å². The maximum Gasteiger partial charge on any atom is 0.326 e. The van der Waals surface area contributed by atoms with E-state index in [1.54, 1.807) is 12.1 Å². The minimum Gasteiger partial charge on any atom is -0.508 e. The van der Waals surface area contributed by atoms with Gasteiger partial charge in [0.2, 0.25) is 23.6 Å². The molecular formula is C25H38N8O7. The zero-order chi connectivity index (χ0) is 29.7. The molecule has 40 heavy (non-hydrogen) atoms. The molecule has 4 unspecified atom stereocenters. The summed E-state index contributed by atoms with van der Waals surface area (Å²) in [6, 6.07) is 1.72. The highest BCUT2D eigenvalue weighted by Gasteiger charge is 2.31. The molecule has 4 amide bonds. The highest BCUT2D eigenvalue weighted by atomic mass is 16.4. The van der Waals surface area contributed by atoms with E-state index in [2.05, 4.69) is 26.3 Å². The number of benzene rings is 1. The molecule has 15 heteroatoms. The fraction of sp³-hybridized carbons (Fsp3) is 0.520. The van der Waals surface area contributed by atoms with Gasteiger partial charge in [-0.2, -0.15) is 0 Å². The number of aliphatic carboxylic acids is 1. The van der Waals surface area contributed by atoms with Crippen LogP contribution in [0.25, 0.3) is 0 Å². The zero-order valence-corrected chi connectivity index (χ0v) is 22.1. The standard InChI is InChI=1S/C25H38N8O7/c26-20(35)10-9-18(24(39)40)32-23(38)19(13-14-5-7-15(34)8-6-14)33-22(37)17(4-2-12-30-25(27)28)31-21(36)16-3-1-11-29-16/h5-8,16-19,29,34H,1-4,9-13H2,(H2,26,35)(H,31,36)(H,32,38)(H,33,37)(H,39,40)(H4,27,28,30). The van der Waals surface area contributed by atoms with Gasteiger partial charge >= 0.3 is 5.97 Å². The number of amides is 4. The molecule has 0 saturated carbocycles. The number of carbonyl (C=O) groups excluding carboxylic acids is 4. The number of nitrogens with zero attached hydrogens (tertiary/aromatic N) is 1. The van der Waals surface area contributed by atoms with Gasteiger partial charge in [-0.25, -0.2) is 4.79 Å². The second-order valence-corrected chi connectivity index (χ2v) is 9.50. The van der Waals surface area contributed by atoms with Gasteiger partial charge in [-0.3, -0.25) is 24.2 Å². The molecule has 0 aromatic heterocycles. The average Bonchev–Trinajstić information content (AvgIpc) is 3.43. The van der Waals surface area contributed by atoms with Crippen LogP contribution in [0.3, 0.4) is 0 Å². The van der Waals surface area contributed by atoms with Crippen molar-refractivity contribution in [3.63, 3.8) is 0 Å². The summed E-state index contributed by atoms with van der Waals surface area (Å²) in [5.74, 6) is -4.08. The molecule has 1 aliphatic heterocycles. The van der Waals surface area contributed by atoms with Gasteiger partial charge in [0.05, 0.1) is 6.04 Å². The molecule has 0 bridgehead atoms. The van der Waals surface area contributed by atoms with E-state index in [1.165, 1.54) is 12.1 Å². The van der Waals surface area contributed by atoms with Crippen LogP contribution >= 0.6 is 0 Å². The third-order valence-corrected chi connectivity index (χ3v) is 6.26. The lowest BCUT2D eigenvalue weighted by Gasteiger charge is -2.25. The lowest BCUT2D eigenvalue weighted by molar-refractivity contribution is -0.142. The molecule has 4 atom stereocenters. The van der Waals surface area contributed by atoms with Gasteiger partial charge < -0.3 is 48.7 Å². The molecule has 1 fully saturated rings. The highest BCUT2D eigenvalue weighted by molar-refractivity contribution is 5.94. The molecule has 0 radical (unpaired) electrons. The number of nitrogens with one attached hydrogen (secondary N) is 4. The second-order valence-electron chi connectivity index (χ2n) is 9.50. The van der Waals surface area contributed by atoms with Crippen molar-refractivity contribution in [2.45, 2.75) is 69.1 Å². The van der Waals surface area contributed by atoms with Crippen molar-refractivity contribution in [1.29, 1.82) is 0 Å². The minimum absolute atomic E-state index is 0.00439. The Morgan fingerprint density at radius 1 is 0.950 bits per heavy atom. The maximum absolute atomic E-state index is 13.4. The Balaban J connectivity index is 2.23. The van der Waals surface area contributed by atoms with Crippen molar-refractivity contribution in [1.82, 2.24) is 21.3 Å². The molecule has 12 N–H and O–H groups in total. The Morgan fingerprint density at radius 3 is 2.17 bits per heavy atom. The number of hydrogen-bond donors (Lipinski definition) is 9. The number of phenols is 1. The van der Waals surface area contributed by atoms with Crippen LogP contribution < -0.4 is 38.5 Å². The number of aliphatic imine (C=N–C) groups is 1. The number of nitrogens with two attached hydrogens (primary N) is 3. The van der Waals surface area contributed by atoms with Crippen LogP contribution in [0.15, 0.2) is 29.3 Å². The molecule has 0 aliphatic carbocycles. The van der Waals surface area contributed by atoms with Crippen LogP contribution in [0.4, 0.5) is 0 Å². The first-order valence-electron chi connectivity index (χ1n) is 12.9. The van der Waals surface area contributed by atoms with Crippen molar-refractivity contribution < 1.29 is 34.2 Å². The SMILES string of the molecule is NC(=O)CCC(NC(=O)C(Cc1ccc(O)cc1)NC(=O)C(CCCN=C(N)N)NC(=O)C1CCCN1)C(=O)O. The van der Waals surface area contributed by atoms with Gasteiger partial charge in [0.1, 0.15) is 23.9 Å². The van der Waals surface area contributed by atoms with Crippen molar-refractivity contribution in [2.24, 2.45) is 22.2 Å². The molecule has 2 rings (SSSR count). The van der Waals surface area contributed by atoms with Gasteiger partial charge in [-0.05, 0) is 56.3 Å². The predicted octanol–water partition coefficient (Wildman–Crippen LogP) is -2.46. The van der Waals surface area contributed by atoms with Gasteiger partial charge in [-0.1, -0.05) is 12.1 Å². The number of phenolic OH excluding ortho intramolecular Hbond substituents is 1. The first kappa shape index (κ1) is 31.8. The molecule has 220 valence electrons. The normalized spacial score (nSPS) is 16.6. The van der Waals surface area contributed by atoms with Crippen LogP contribution in [0.2, 0.25) is 0 Å².